The number of para-hydroxylation sites is 1. The van der Waals surface area contributed by atoms with Crippen LogP contribution in [0.4, 0.5) is 0 Å². The highest BCUT2D eigenvalue weighted by Crippen LogP contribution is 2.21. The number of benzene rings is 1. The predicted octanol–water partition coefficient (Wildman–Crippen LogP) is 1.63. The monoisotopic (exact) mass is 264 g/mol. The summed E-state index contributed by atoms with van der Waals surface area (Å²) in [6, 6.07) is 5.77. The zero-order chi connectivity index (χ0) is 14.3. The molecule has 1 rings (SSSR count). The van der Waals surface area contributed by atoms with Gasteiger partial charge in [0, 0.05) is 6.42 Å². The smallest absolute Gasteiger partial charge is 0.276 e. The van der Waals surface area contributed by atoms with Crippen LogP contribution in [0.5, 0.6) is 5.75 Å². The first kappa shape index (κ1) is 15.0. The van der Waals surface area contributed by atoms with E-state index >= 15 is 0 Å². The third kappa shape index (κ3) is 4.99. The molecule has 0 aliphatic heterocycles. The van der Waals surface area contributed by atoms with Gasteiger partial charge in [-0.2, -0.15) is 0 Å². The van der Waals surface area contributed by atoms with E-state index in [4.69, 9.17) is 4.74 Å². The Morgan fingerprint density at radius 3 is 2.26 bits per heavy atom. The Hall–Kier alpha value is -2.04. The molecule has 1 aromatic rings. The van der Waals surface area contributed by atoms with Gasteiger partial charge in [-0.1, -0.05) is 25.1 Å². The van der Waals surface area contributed by atoms with E-state index in [0.29, 0.717) is 12.2 Å². The molecule has 0 saturated heterocycles. The molecule has 0 aliphatic carbocycles. The summed E-state index contributed by atoms with van der Waals surface area (Å²) in [4.78, 5) is 22.7. The molecule has 0 heterocycles. The highest BCUT2D eigenvalue weighted by Gasteiger charge is 2.07. The van der Waals surface area contributed by atoms with Crippen molar-refractivity contribution >= 4 is 11.8 Å². The molecule has 0 unspecified atom stereocenters. The van der Waals surface area contributed by atoms with Gasteiger partial charge in [-0.25, -0.2) is 0 Å². The van der Waals surface area contributed by atoms with E-state index in [1.807, 2.05) is 39.0 Å². The van der Waals surface area contributed by atoms with Crippen molar-refractivity contribution in [2.45, 2.75) is 33.6 Å². The lowest BCUT2D eigenvalue weighted by atomic mass is 10.1. The molecule has 0 aromatic heterocycles. The van der Waals surface area contributed by atoms with Crippen LogP contribution in [0, 0.1) is 13.8 Å². The van der Waals surface area contributed by atoms with Crippen LogP contribution in [-0.4, -0.2) is 18.4 Å². The minimum absolute atomic E-state index is 0.127. The van der Waals surface area contributed by atoms with Gasteiger partial charge in [0.05, 0.1) is 0 Å². The van der Waals surface area contributed by atoms with Crippen molar-refractivity contribution in [3.05, 3.63) is 29.3 Å². The van der Waals surface area contributed by atoms with Gasteiger partial charge in [-0.3, -0.25) is 20.4 Å². The van der Waals surface area contributed by atoms with Crippen LogP contribution in [-0.2, 0) is 9.59 Å². The van der Waals surface area contributed by atoms with Crippen LogP contribution in [0.2, 0.25) is 0 Å². The maximum absolute atomic E-state index is 11.5. The summed E-state index contributed by atoms with van der Waals surface area (Å²) in [6.45, 7) is 5.61. The summed E-state index contributed by atoms with van der Waals surface area (Å²) in [5.41, 5.74) is 6.59. The summed E-state index contributed by atoms with van der Waals surface area (Å²) < 4.78 is 5.46. The molecular formula is C14H20N2O3. The van der Waals surface area contributed by atoms with E-state index in [1.54, 1.807) is 0 Å². The Bertz CT molecular complexity index is 438. The summed E-state index contributed by atoms with van der Waals surface area (Å²) in [5, 5.41) is 0. The number of nitrogens with one attached hydrogen (secondary N) is 2. The molecule has 1 aromatic carbocycles. The van der Waals surface area contributed by atoms with Gasteiger partial charge in [-0.15, -0.1) is 0 Å². The summed E-state index contributed by atoms with van der Waals surface area (Å²) in [6.07, 6.45) is 1.12. The number of carbonyl (C=O) groups is 2. The lowest BCUT2D eigenvalue weighted by molar-refractivity contribution is -0.130. The number of aryl methyl sites for hydroxylation is 2. The van der Waals surface area contributed by atoms with Crippen molar-refractivity contribution in [3.63, 3.8) is 0 Å². The van der Waals surface area contributed by atoms with Gasteiger partial charge in [0.15, 0.2) is 6.61 Å². The molecule has 0 radical (unpaired) electrons. The van der Waals surface area contributed by atoms with E-state index in [0.717, 1.165) is 17.5 Å². The standard InChI is InChI=1S/C14H20N2O3/c1-4-6-12(17)15-16-13(18)9-19-14-10(2)7-5-8-11(14)3/h5,7-8H,4,6,9H2,1-3H3,(H,15,17)(H,16,18). The number of hydrogen-bond acceptors (Lipinski definition) is 3. The van der Waals surface area contributed by atoms with Crippen LogP contribution in [0.3, 0.4) is 0 Å². The first-order chi connectivity index (χ1) is 9.04. The Labute approximate surface area is 113 Å². The van der Waals surface area contributed by atoms with Crippen molar-refractivity contribution < 1.29 is 14.3 Å². The zero-order valence-corrected chi connectivity index (χ0v) is 11.6. The molecule has 2 amide bonds. The van der Waals surface area contributed by atoms with E-state index < -0.39 is 0 Å². The second kappa shape index (κ2) is 7.41. The lowest BCUT2D eigenvalue weighted by Crippen LogP contribution is -2.43. The van der Waals surface area contributed by atoms with Crippen LogP contribution >= 0.6 is 0 Å². The third-order valence-corrected chi connectivity index (χ3v) is 2.57. The fourth-order valence-electron chi connectivity index (χ4n) is 1.63. The first-order valence-corrected chi connectivity index (χ1v) is 6.31. The van der Waals surface area contributed by atoms with Crippen molar-refractivity contribution in [2.75, 3.05) is 6.61 Å². The molecule has 5 heteroatoms. The molecular weight excluding hydrogens is 244 g/mol. The van der Waals surface area contributed by atoms with Gasteiger partial charge in [-0.05, 0) is 31.4 Å². The van der Waals surface area contributed by atoms with Crippen molar-refractivity contribution in [1.82, 2.24) is 10.9 Å². The van der Waals surface area contributed by atoms with Crippen LogP contribution in [0.25, 0.3) is 0 Å². The van der Waals surface area contributed by atoms with E-state index in [2.05, 4.69) is 10.9 Å². The van der Waals surface area contributed by atoms with Crippen LogP contribution in [0.15, 0.2) is 18.2 Å². The molecule has 19 heavy (non-hydrogen) atoms. The number of hydrazine groups is 1. The average molecular weight is 264 g/mol. The minimum Gasteiger partial charge on any atom is -0.483 e. The average Bonchev–Trinajstić information content (AvgIpc) is 2.36. The van der Waals surface area contributed by atoms with Crippen molar-refractivity contribution in [3.8, 4) is 5.75 Å². The Morgan fingerprint density at radius 2 is 1.68 bits per heavy atom. The van der Waals surface area contributed by atoms with E-state index in [-0.39, 0.29) is 18.4 Å². The molecule has 0 bridgehead atoms. The lowest BCUT2D eigenvalue weighted by Gasteiger charge is -2.12. The SMILES string of the molecule is CCCC(=O)NNC(=O)COc1c(C)cccc1C. The maximum Gasteiger partial charge on any atom is 0.276 e. The first-order valence-electron chi connectivity index (χ1n) is 6.31. The van der Waals surface area contributed by atoms with Crippen molar-refractivity contribution in [1.29, 1.82) is 0 Å². The van der Waals surface area contributed by atoms with E-state index in [1.165, 1.54) is 0 Å². The fourth-order valence-corrected chi connectivity index (χ4v) is 1.63. The summed E-state index contributed by atoms with van der Waals surface area (Å²) in [5.74, 6) is 0.118. The maximum atomic E-state index is 11.5. The molecule has 0 atom stereocenters. The molecule has 0 aliphatic rings. The summed E-state index contributed by atoms with van der Waals surface area (Å²) in [7, 11) is 0. The molecule has 2 N–H and O–H groups in total. The van der Waals surface area contributed by atoms with Gasteiger partial charge in [0.25, 0.3) is 5.91 Å². The van der Waals surface area contributed by atoms with Gasteiger partial charge in [0.1, 0.15) is 5.75 Å². The topological polar surface area (TPSA) is 67.4 Å². The van der Waals surface area contributed by atoms with Crippen LogP contribution < -0.4 is 15.6 Å². The quantitative estimate of drug-likeness (QED) is 0.794. The predicted molar refractivity (Wildman–Crippen MR) is 72.6 cm³/mol. The minimum atomic E-state index is -0.382. The van der Waals surface area contributed by atoms with Gasteiger partial charge in [0.2, 0.25) is 5.91 Å². The molecule has 0 saturated carbocycles. The Balaban J connectivity index is 2.40. The van der Waals surface area contributed by atoms with E-state index in [9.17, 15) is 9.59 Å². The van der Waals surface area contributed by atoms with Gasteiger partial charge >= 0.3 is 0 Å². The Kier molecular flexibility index (Phi) is 5.85. The van der Waals surface area contributed by atoms with Crippen LogP contribution in [0.1, 0.15) is 30.9 Å². The highest BCUT2D eigenvalue weighted by atomic mass is 16.5. The second-order valence-corrected chi connectivity index (χ2v) is 4.36. The molecule has 5 nitrogen and oxygen atoms in total. The number of carbonyl (C=O) groups excluding carboxylic acids is 2. The molecule has 0 spiro atoms. The number of ether oxygens (including phenoxy) is 1. The normalized spacial score (nSPS) is 9.84. The van der Waals surface area contributed by atoms with Gasteiger partial charge < -0.3 is 4.74 Å². The zero-order valence-electron chi connectivity index (χ0n) is 11.6. The Morgan fingerprint density at radius 1 is 1.11 bits per heavy atom. The highest BCUT2D eigenvalue weighted by molar-refractivity contribution is 5.82. The molecule has 104 valence electrons. The number of hydrogen-bond donors (Lipinski definition) is 2. The second-order valence-electron chi connectivity index (χ2n) is 4.36. The molecule has 0 fully saturated rings. The van der Waals surface area contributed by atoms with Crippen molar-refractivity contribution in [2.24, 2.45) is 0 Å². The summed E-state index contributed by atoms with van der Waals surface area (Å²) >= 11 is 0. The number of rotatable bonds is 5. The number of amides is 2. The largest absolute Gasteiger partial charge is 0.483 e. The fraction of sp³-hybridized carbons (Fsp3) is 0.429. The third-order valence-electron chi connectivity index (χ3n) is 2.57.